The molecule has 0 heterocycles. The van der Waals surface area contributed by atoms with E-state index in [-0.39, 0.29) is 0 Å². The van der Waals surface area contributed by atoms with Crippen molar-refractivity contribution in [1.82, 2.24) is 5.32 Å². The minimum absolute atomic E-state index is 0.795. The molecule has 1 saturated carbocycles. The smallest absolute Gasteiger partial charge is 0.00697 e. The molecular formula is C12H21N. The van der Waals surface area contributed by atoms with E-state index >= 15 is 0 Å². The number of nitrogens with one attached hydrogen (secondary N) is 1. The molecule has 1 heteroatoms. The van der Waals surface area contributed by atoms with Crippen molar-refractivity contribution in [3.63, 3.8) is 0 Å². The van der Waals surface area contributed by atoms with Gasteiger partial charge in [-0.15, -0.1) is 0 Å². The van der Waals surface area contributed by atoms with Gasteiger partial charge in [0.15, 0.2) is 0 Å². The van der Waals surface area contributed by atoms with Gasteiger partial charge in [0.1, 0.15) is 0 Å². The Morgan fingerprint density at radius 2 is 2.15 bits per heavy atom. The van der Waals surface area contributed by atoms with Crippen LogP contribution in [0.1, 0.15) is 32.6 Å². The third-order valence-electron chi connectivity index (χ3n) is 3.98. The molecule has 4 atom stereocenters. The molecule has 2 aliphatic carbocycles. The number of allylic oxidation sites excluding steroid dienone is 2. The Bertz CT molecular complexity index is 197. The molecule has 2 rings (SSSR count). The van der Waals surface area contributed by atoms with Crippen LogP contribution in [0.5, 0.6) is 0 Å². The van der Waals surface area contributed by atoms with Crippen LogP contribution in [0.4, 0.5) is 0 Å². The normalized spacial score (nSPS) is 44.5. The highest BCUT2D eigenvalue weighted by molar-refractivity contribution is 5.00. The van der Waals surface area contributed by atoms with Crippen LogP contribution in [0.15, 0.2) is 12.2 Å². The lowest BCUT2D eigenvalue weighted by Gasteiger charge is -2.20. The van der Waals surface area contributed by atoms with E-state index in [1.807, 2.05) is 0 Å². The number of hydrogen-bond donors (Lipinski definition) is 1. The minimum Gasteiger partial charge on any atom is -0.317 e. The molecule has 0 aromatic rings. The maximum atomic E-state index is 3.44. The standard InChI is InChI=1S/C12H21N/c1-9-5-3-4-6-10-7-11(13-2)8-12(9)10/h3,5,9-13H,4,6-8H2,1-2H3. The highest BCUT2D eigenvalue weighted by atomic mass is 14.9. The fraction of sp³-hybridized carbons (Fsp3) is 0.833. The Morgan fingerprint density at radius 3 is 2.92 bits per heavy atom. The van der Waals surface area contributed by atoms with Gasteiger partial charge in [-0.05, 0) is 50.5 Å². The van der Waals surface area contributed by atoms with Crippen LogP contribution in [0, 0.1) is 17.8 Å². The van der Waals surface area contributed by atoms with E-state index in [0.717, 1.165) is 23.8 Å². The average molecular weight is 179 g/mol. The molecule has 1 fully saturated rings. The summed E-state index contributed by atoms with van der Waals surface area (Å²) in [6.45, 7) is 2.39. The van der Waals surface area contributed by atoms with Crippen LogP contribution in [0.25, 0.3) is 0 Å². The van der Waals surface area contributed by atoms with Gasteiger partial charge in [0, 0.05) is 6.04 Å². The zero-order valence-electron chi connectivity index (χ0n) is 8.79. The van der Waals surface area contributed by atoms with Gasteiger partial charge in [-0.1, -0.05) is 19.1 Å². The molecule has 74 valence electrons. The molecule has 0 aliphatic heterocycles. The van der Waals surface area contributed by atoms with Crippen molar-refractivity contribution >= 4 is 0 Å². The lowest BCUT2D eigenvalue weighted by Crippen LogP contribution is -2.22. The molecule has 0 radical (unpaired) electrons. The first-order valence-corrected chi connectivity index (χ1v) is 5.65. The summed E-state index contributed by atoms with van der Waals surface area (Å²) in [5.74, 6) is 2.75. The van der Waals surface area contributed by atoms with Gasteiger partial charge in [0.2, 0.25) is 0 Å². The van der Waals surface area contributed by atoms with Crippen LogP contribution in [0.3, 0.4) is 0 Å². The van der Waals surface area contributed by atoms with Gasteiger partial charge in [-0.3, -0.25) is 0 Å². The van der Waals surface area contributed by atoms with Crippen molar-refractivity contribution in [2.75, 3.05) is 7.05 Å². The van der Waals surface area contributed by atoms with Gasteiger partial charge < -0.3 is 5.32 Å². The van der Waals surface area contributed by atoms with Gasteiger partial charge in [-0.2, -0.15) is 0 Å². The van der Waals surface area contributed by atoms with E-state index < -0.39 is 0 Å². The molecule has 1 nitrogen and oxygen atoms in total. The molecule has 13 heavy (non-hydrogen) atoms. The minimum atomic E-state index is 0.795. The summed E-state index contributed by atoms with van der Waals surface area (Å²) in [5, 5.41) is 3.44. The first-order chi connectivity index (χ1) is 6.31. The van der Waals surface area contributed by atoms with E-state index in [2.05, 4.69) is 31.4 Å². The maximum Gasteiger partial charge on any atom is 0.00697 e. The van der Waals surface area contributed by atoms with E-state index in [4.69, 9.17) is 0 Å². The zero-order chi connectivity index (χ0) is 9.26. The zero-order valence-corrected chi connectivity index (χ0v) is 8.79. The van der Waals surface area contributed by atoms with Gasteiger partial charge in [0.05, 0.1) is 0 Å². The summed E-state index contributed by atoms with van der Waals surface area (Å²) in [6.07, 6.45) is 10.4. The second-order valence-corrected chi connectivity index (χ2v) is 4.75. The quantitative estimate of drug-likeness (QED) is 0.610. The Labute approximate surface area is 81.6 Å². The van der Waals surface area contributed by atoms with Crippen molar-refractivity contribution in [3.8, 4) is 0 Å². The van der Waals surface area contributed by atoms with Crippen LogP contribution < -0.4 is 5.32 Å². The maximum absolute atomic E-state index is 3.44. The number of hydrogen-bond acceptors (Lipinski definition) is 1. The molecule has 0 amide bonds. The number of fused-ring (bicyclic) bond motifs is 1. The summed E-state index contributed by atoms with van der Waals surface area (Å²) >= 11 is 0. The fourth-order valence-electron chi connectivity index (χ4n) is 3.13. The predicted molar refractivity (Wildman–Crippen MR) is 56.6 cm³/mol. The molecule has 4 unspecified atom stereocenters. The van der Waals surface area contributed by atoms with E-state index in [1.54, 1.807) is 0 Å². The predicted octanol–water partition coefficient (Wildman–Crippen LogP) is 2.59. The second kappa shape index (κ2) is 3.83. The summed E-state index contributed by atoms with van der Waals surface area (Å²) in [5.41, 5.74) is 0. The van der Waals surface area contributed by atoms with E-state index in [9.17, 15) is 0 Å². The highest BCUT2D eigenvalue weighted by Crippen LogP contribution is 2.41. The highest BCUT2D eigenvalue weighted by Gasteiger charge is 2.35. The third kappa shape index (κ3) is 1.80. The Kier molecular flexibility index (Phi) is 2.73. The summed E-state index contributed by atoms with van der Waals surface area (Å²) in [7, 11) is 2.11. The van der Waals surface area contributed by atoms with E-state index in [1.165, 1.54) is 25.7 Å². The molecule has 2 aliphatic rings. The van der Waals surface area contributed by atoms with Crippen molar-refractivity contribution < 1.29 is 0 Å². The molecule has 1 N–H and O–H groups in total. The van der Waals surface area contributed by atoms with Crippen molar-refractivity contribution in [2.24, 2.45) is 17.8 Å². The molecule has 0 aromatic heterocycles. The van der Waals surface area contributed by atoms with Crippen molar-refractivity contribution in [3.05, 3.63) is 12.2 Å². The van der Waals surface area contributed by atoms with Gasteiger partial charge in [0.25, 0.3) is 0 Å². The first-order valence-electron chi connectivity index (χ1n) is 5.65. The summed E-state index contributed by atoms with van der Waals surface area (Å²) in [6, 6.07) is 0.795. The molecule has 0 spiro atoms. The SMILES string of the molecule is CNC1CC2CCC=CC(C)C2C1. The van der Waals surface area contributed by atoms with Gasteiger partial charge in [-0.25, -0.2) is 0 Å². The second-order valence-electron chi connectivity index (χ2n) is 4.75. The molecular weight excluding hydrogens is 158 g/mol. The molecule has 0 saturated heterocycles. The van der Waals surface area contributed by atoms with Crippen LogP contribution >= 0.6 is 0 Å². The Balaban J connectivity index is 2.05. The molecule has 0 bridgehead atoms. The third-order valence-corrected chi connectivity index (χ3v) is 3.98. The van der Waals surface area contributed by atoms with Crippen LogP contribution in [0.2, 0.25) is 0 Å². The van der Waals surface area contributed by atoms with Gasteiger partial charge >= 0.3 is 0 Å². The lowest BCUT2D eigenvalue weighted by atomic mass is 9.85. The van der Waals surface area contributed by atoms with Crippen molar-refractivity contribution in [1.29, 1.82) is 0 Å². The topological polar surface area (TPSA) is 12.0 Å². The van der Waals surface area contributed by atoms with Crippen LogP contribution in [-0.4, -0.2) is 13.1 Å². The number of rotatable bonds is 1. The Morgan fingerprint density at radius 1 is 1.31 bits per heavy atom. The Hall–Kier alpha value is -0.300. The first kappa shape index (κ1) is 9.26. The van der Waals surface area contributed by atoms with E-state index in [0.29, 0.717) is 0 Å². The van der Waals surface area contributed by atoms with Crippen LogP contribution in [-0.2, 0) is 0 Å². The lowest BCUT2D eigenvalue weighted by molar-refractivity contribution is 0.314. The average Bonchev–Trinajstić information content (AvgIpc) is 2.48. The van der Waals surface area contributed by atoms with Crippen molar-refractivity contribution in [2.45, 2.75) is 38.6 Å². The summed E-state index contributed by atoms with van der Waals surface area (Å²) < 4.78 is 0. The molecule has 0 aromatic carbocycles. The largest absolute Gasteiger partial charge is 0.317 e. The summed E-state index contributed by atoms with van der Waals surface area (Å²) in [4.78, 5) is 0. The fourth-order valence-corrected chi connectivity index (χ4v) is 3.13. The monoisotopic (exact) mass is 179 g/mol.